The molecule has 0 aliphatic heterocycles. The van der Waals surface area contributed by atoms with Gasteiger partial charge in [-0.1, -0.05) is 61.9 Å². The zero-order valence-corrected chi connectivity index (χ0v) is 11.0. The summed E-state index contributed by atoms with van der Waals surface area (Å²) in [6.07, 6.45) is 4.28. The fourth-order valence-electron chi connectivity index (χ4n) is 1.96. The van der Waals surface area contributed by atoms with E-state index in [1.54, 1.807) is 0 Å². The molecular formula is C15H16OSi. The van der Waals surface area contributed by atoms with Gasteiger partial charge in [0, 0.05) is 0 Å². The summed E-state index contributed by atoms with van der Waals surface area (Å²) in [7, 11) is -0.139. The second-order valence-electron chi connectivity index (χ2n) is 4.04. The van der Waals surface area contributed by atoms with Crippen molar-refractivity contribution in [3.05, 3.63) is 54.1 Å². The van der Waals surface area contributed by atoms with Crippen LogP contribution in [0, 0.1) is 0 Å². The molecule has 0 bridgehead atoms. The highest BCUT2D eigenvalue weighted by Crippen LogP contribution is 2.24. The molecule has 2 rings (SSSR count). The lowest BCUT2D eigenvalue weighted by Gasteiger charge is -2.08. The molecular weight excluding hydrogens is 224 g/mol. The summed E-state index contributed by atoms with van der Waals surface area (Å²) in [5, 5.41) is 3.51. The van der Waals surface area contributed by atoms with E-state index in [9.17, 15) is 4.80 Å². The van der Waals surface area contributed by atoms with Crippen LogP contribution in [-0.4, -0.2) is 14.6 Å². The highest BCUT2D eigenvalue weighted by atomic mass is 28.2. The van der Waals surface area contributed by atoms with Crippen LogP contribution < -0.4 is 0 Å². The van der Waals surface area contributed by atoms with E-state index in [0.717, 1.165) is 23.6 Å². The van der Waals surface area contributed by atoms with Gasteiger partial charge in [0.1, 0.15) is 0 Å². The first-order valence-corrected chi connectivity index (χ1v) is 6.90. The third-order valence-electron chi connectivity index (χ3n) is 2.84. The predicted octanol–water partition coefficient (Wildman–Crippen LogP) is 3.59. The van der Waals surface area contributed by atoms with Gasteiger partial charge in [-0.3, -0.25) is 0 Å². The van der Waals surface area contributed by atoms with E-state index < -0.39 is 0 Å². The van der Waals surface area contributed by atoms with Crippen LogP contribution in [0.5, 0.6) is 0 Å². The van der Waals surface area contributed by atoms with Gasteiger partial charge >= 0.3 is 0 Å². The summed E-state index contributed by atoms with van der Waals surface area (Å²) < 4.78 is 0. The molecule has 2 aromatic carbocycles. The molecule has 0 spiro atoms. The standard InChI is InChI=1S/C15H16OSi/c1-2-3-11-15(17-16)14-10-6-8-12-7-4-5-9-13(12)14/h4-11,16H,2-3H2,1H3. The number of allylic oxidation sites excluding steroid dienone is 1. The number of benzene rings is 2. The molecule has 17 heavy (non-hydrogen) atoms. The molecule has 0 aliphatic rings. The molecule has 0 aromatic heterocycles. The molecule has 0 unspecified atom stereocenters. The Hall–Kier alpha value is -1.38. The minimum absolute atomic E-state index is 0.139. The molecule has 0 aliphatic carbocycles. The summed E-state index contributed by atoms with van der Waals surface area (Å²) >= 11 is 0. The van der Waals surface area contributed by atoms with Crippen LogP contribution in [0.1, 0.15) is 25.3 Å². The maximum atomic E-state index is 9.53. The zero-order chi connectivity index (χ0) is 12.1. The van der Waals surface area contributed by atoms with Gasteiger partial charge in [-0.25, -0.2) is 0 Å². The zero-order valence-electron chi connectivity index (χ0n) is 9.98. The fraction of sp³-hybridized carbons (Fsp3) is 0.200. The number of hydrogen-bond acceptors (Lipinski definition) is 1. The van der Waals surface area contributed by atoms with E-state index in [2.05, 4.69) is 43.3 Å². The lowest BCUT2D eigenvalue weighted by Crippen LogP contribution is -1.96. The van der Waals surface area contributed by atoms with Crippen LogP contribution in [0.2, 0.25) is 0 Å². The quantitative estimate of drug-likeness (QED) is 0.810. The summed E-state index contributed by atoms with van der Waals surface area (Å²) in [5.74, 6) is 0. The van der Waals surface area contributed by atoms with Crippen LogP contribution in [0.15, 0.2) is 48.5 Å². The maximum Gasteiger partial charge on any atom is 0.265 e. The first-order chi connectivity index (χ1) is 8.36. The lowest BCUT2D eigenvalue weighted by molar-refractivity contribution is 0.616. The number of fused-ring (bicyclic) bond motifs is 1. The normalized spacial score (nSPS) is 12.0. The predicted molar refractivity (Wildman–Crippen MR) is 74.8 cm³/mol. The molecule has 86 valence electrons. The third kappa shape index (κ3) is 2.65. The van der Waals surface area contributed by atoms with Crippen molar-refractivity contribution in [2.45, 2.75) is 19.8 Å². The van der Waals surface area contributed by atoms with Crippen molar-refractivity contribution in [1.82, 2.24) is 0 Å². The number of unbranched alkanes of at least 4 members (excludes halogenated alkanes) is 1. The fourth-order valence-corrected chi connectivity index (χ4v) is 2.54. The van der Waals surface area contributed by atoms with Gasteiger partial charge in [-0.2, -0.15) is 0 Å². The first kappa shape index (κ1) is 12.1. The van der Waals surface area contributed by atoms with Crippen LogP contribution in [-0.2, 0) is 0 Å². The van der Waals surface area contributed by atoms with E-state index in [0.29, 0.717) is 0 Å². The summed E-state index contributed by atoms with van der Waals surface area (Å²) in [5.41, 5.74) is 1.16. The maximum absolute atomic E-state index is 9.53. The second kappa shape index (κ2) is 5.80. The Labute approximate surface area is 105 Å². The van der Waals surface area contributed by atoms with E-state index in [4.69, 9.17) is 0 Å². The molecule has 1 N–H and O–H groups in total. The van der Waals surface area contributed by atoms with E-state index in [1.165, 1.54) is 10.8 Å². The van der Waals surface area contributed by atoms with Crippen molar-refractivity contribution < 1.29 is 4.80 Å². The van der Waals surface area contributed by atoms with E-state index >= 15 is 0 Å². The number of rotatable bonds is 4. The highest BCUT2D eigenvalue weighted by molar-refractivity contribution is 6.54. The van der Waals surface area contributed by atoms with Gasteiger partial charge < -0.3 is 4.80 Å². The van der Waals surface area contributed by atoms with Crippen LogP contribution in [0.25, 0.3) is 16.0 Å². The molecule has 2 heteroatoms. The Balaban J connectivity index is 2.53. The summed E-state index contributed by atoms with van der Waals surface area (Å²) in [6, 6.07) is 14.6. The van der Waals surface area contributed by atoms with Crippen molar-refractivity contribution >= 4 is 25.7 Å². The molecule has 0 heterocycles. The van der Waals surface area contributed by atoms with Gasteiger partial charge in [0.25, 0.3) is 9.76 Å². The average Bonchev–Trinajstić information content (AvgIpc) is 2.40. The average molecular weight is 240 g/mol. The molecule has 0 saturated carbocycles. The van der Waals surface area contributed by atoms with Crippen molar-refractivity contribution in [2.24, 2.45) is 0 Å². The smallest absolute Gasteiger partial charge is 0.265 e. The highest BCUT2D eigenvalue weighted by Gasteiger charge is 2.05. The molecule has 0 amide bonds. The Morgan fingerprint density at radius 2 is 1.94 bits per heavy atom. The van der Waals surface area contributed by atoms with E-state index in [-0.39, 0.29) is 9.76 Å². The lowest BCUT2D eigenvalue weighted by atomic mass is 10.0. The first-order valence-electron chi connectivity index (χ1n) is 5.95. The molecule has 0 atom stereocenters. The SMILES string of the molecule is CCCC=C([Si]O)c1cccc2ccccc12. The van der Waals surface area contributed by atoms with Gasteiger partial charge in [0.2, 0.25) is 0 Å². The Kier molecular flexibility index (Phi) is 4.12. The van der Waals surface area contributed by atoms with Crippen LogP contribution in [0.3, 0.4) is 0 Å². The largest absolute Gasteiger partial charge is 0.428 e. The van der Waals surface area contributed by atoms with Crippen molar-refractivity contribution in [3.63, 3.8) is 0 Å². The van der Waals surface area contributed by atoms with Gasteiger partial charge in [0.15, 0.2) is 0 Å². The van der Waals surface area contributed by atoms with Crippen molar-refractivity contribution in [2.75, 3.05) is 0 Å². The van der Waals surface area contributed by atoms with Crippen molar-refractivity contribution in [3.8, 4) is 0 Å². The van der Waals surface area contributed by atoms with Crippen LogP contribution >= 0.6 is 0 Å². The van der Waals surface area contributed by atoms with Crippen LogP contribution in [0.4, 0.5) is 0 Å². The minimum atomic E-state index is -0.139. The van der Waals surface area contributed by atoms with E-state index in [1.807, 2.05) is 12.1 Å². The van der Waals surface area contributed by atoms with Gasteiger partial charge in [0.05, 0.1) is 0 Å². The monoisotopic (exact) mass is 240 g/mol. The summed E-state index contributed by atoms with van der Waals surface area (Å²) in [4.78, 5) is 9.53. The Morgan fingerprint density at radius 3 is 2.71 bits per heavy atom. The second-order valence-corrected chi connectivity index (χ2v) is 4.81. The number of hydrogen-bond donors (Lipinski definition) is 1. The Morgan fingerprint density at radius 1 is 1.18 bits per heavy atom. The third-order valence-corrected chi connectivity index (χ3v) is 3.55. The van der Waals surface area contributed by atoms with Gasteiger partial charge in [-0.05, 0) is 28.0 Å². The van der Waals surface area contributed by atoms with Crippen molar-refractivity contribution in [1.29, 1.82) is 0 Å². The topological polar surface area (TPSA) is 20.2 Å². The van der Waals surface area contributed by atoms with Gasteiger partial charge in [-0.15, -0.1) is 0 Å². The molecule has 2 radical (unpaired) electrons. The molecule has 1 nitrogen and oxygen atoms in total. The summed E-state index contributed by atoms with van der Waals surface area (Å²) in [6.45, 7) is 2.15. The molecule has 0 fully saturated rings. The minimum Gasteiger partial charge on any atom is -0.428 e. The molecule has 2 aromatic rings. The Bertz CT molecular complexity index is 526. The molecule has 0 saturated heterocycles.